The van der Waals surface area contributed by atoms with E-state index in [2.05, 4.69) is 36.8 Å². The number of tetrazole rings is 1. The fourth-order valence-electron chi connectivity index (χ4n) is 1.45. The Kier molecular flexibility index (Phi) is 3.63. The van der Waals surface area contributed by atoms with Crippen LogP contribution in [0.3, 0.4) is 0 Å². The topological polar surface area (TPSA) is 98.8 Å². The predicted octanol–water partition coefficient (Wildman–Crippen LogP) is 1.05. The van der Waals surface area contributed by atoms with Gasteiger partial charge in [0, 0.05) is 6.07 Å². The first-order valence-electron chi connectivity index (χ1n) is 4.99. The summed E-state index contributed by atoms with van der Waals surface area (Å²) in [5.74, 6) is 0.578. The zero-order valence-electron chi connectivity index (χ0n) is 9.37. The molecular formula is C9H9BrN6O2. The summed E-state index contributed by atoms with van der Waals surface area (Å²) in [7, 11) is 1.77. The SMILES string of the molecule is CNCc1nnnn1-c1ccc(Br)c([N+](=O)[O-])c1. The van der Waals surface area contributed by atoms with E-state index in [1.54, 1.807) is 19.2 Å². The van der Waals surface area contributed by atoms with E-state index >= 15 is 0 Å². The second kappa shape index (κ2) is 5.19. The zero-order valence-corrected chi connectivity index (χ0v) is 11.0. The number of halogens is 1. The van der Waals surface area contributed by atoms with Gasteiger partial charge in [-0.2, -0.15) is 4.68 Å². The molecule has 0 aliphatic heterocycles. The highest BCUT2D eigenvalue weighted by Crippen LogP contribution is 2.27. The predicted molar refractivity (Wildman–Crippen MR) is 66.3 cm³/mol. The van der Waals surface area contributed by atoms with Crippen LogP contribution in [0.4, 0.5) is 5.69 Å². The van der Waals surface area contributed by atoms with E-state index in [-0.39, 0.29) is 5.69 Å². The molecule has 0 saturated heterocycles. The van der Waals surface area contributed by atoms with Gasteiger partial charge in [-0.1, -0.05) is 0 Å². The van der Waals surface area contributed by atoms with Crippen molar-refractivity contribution in [3.8, 4) is 5.69 Å². The van der Waals surface area contributed by atoms with E-state index in [9.17, 15) is 10.1 Å². The molecule has 94 valence electrons. The van der Waals surface area contributed by atoms with Crippen molar-refractivity contribution in [2.24, 2.45) is 0 Å². The molecule has 0 unspecified atom stereocenters. The van der Waals surface area contributed by atoms with Gasteiger partial charge in [0.2, 0.25) is 0 Å². The highest BCUT2D eigenvalue weighted by atomic mass is 79.9. The van der Waals surface area contributed by atoms with E-state index in [4.69, 9.17) is 0 Å². The molecule has 0 aliphatic rings. The minimum Gasteiger partial charge on any atom is -0.313 e. The Balaban J connectivity index is 2.47. The number of hydrogen-bond donors (Lipinski definition) is 1. The molecular weight excluding hydrogens is 304 g/mol. The Labute approximate surface area is 110 Å². The minimum absolute atomic E-state index is 0.0293. The van der Waals surface area contributed by atoms with Gasteiger partial charge in [-0.15, -0.1) is 5.10 Å². The van der Waals surface area contributed by atoms with Gasteiger partial charge in [0.15, 0.2) is 5.82 Å². The average Bonchev–Trinajstić information content (AvgIpc) is 2.78. The van der Waals surface area contributed by atoms with Gasteiger partial charge in [0.25, 0.3) is 5.69 Å². The van der Waals surface area contributed by atoms with Crippen LogP contribution in [0.15, 0.2) is 22.7 Å². The number of nitrogens with one attached hydrogen (secondary N) is 1. The summed E-state index contributed by atoms with van der Waals surface area (Å²) < 4.78 is 1.87. The van der Waals surface area contributed by atoms with Crippen LogP contribution in [0.2, 0.25) is 0 Å². The molecule has 0 aliphatic carbocycles. The normalized spacial score (nSPS) is 10.6. The van der Waals surface area contributed by atoms with Crippen molar-refractivity contribution in [2.45, 2.75) is 6.54 Å². The average molecular weight is 313 g/mol. The van der Waals surface area contributed by atoms with Crippen molar-refractivity contribution in [2.75, 3.05) is 7.05 Å². The highest BCUT2D eigenvalue weighted by molar-refractivity contribution is 9.10. The van der Waals surface area contributed by atoms with Crippen molar-refractivity contribution >= 4 is 21.6 Å². The van der Waals surface area contributed by atoms with Gasteiger partial charge in [-0.05, 0) is 45.5 Å². The summed E-state index contributed by atoms with van der Waals surface area (Å²) in [6, 6.07) is 4.71. The van der Waals surface area contributed by atoms with E-state index in [0.717, 1.165) is 0 Å². The van der Waals surface area contributed by atoms with Crippen molar-refractivity contribution in [1.29, 1.82) is 0 Å². The Bertz CT molecular complexity index is 584. The molecule has 0 atom stereocenters. The van der Waals surface area contributed by atoms with E-state index in [1.807, 2.05) is 0 Å². The van der Waals surface area contributed by atoms with Crippen LogP contribution in [0.5, 0.6) is 0 Å². The molecule has 0 spiro atoms. The maximum atomic E-state index is 10.9. The summed E-state index contributed by atoms with van der Waals surface area (Å²) in [4.78, 5) is 10.4. The second-order valence-corrected chi connectivity index (χ2v) is 4.28. The molecule has 1 aromatic heterocycles. The molecule has 0 radical (unpaired) electrons. The van der Waals surface area contributed by atoms with Crippen molar-refractivity contribution in [3.63, 3.8) is 0 Å². The lowest BCUT2D eigenvalue weighted by Gasteiger charge is -2.04. The third kappa shape index (κ3) is 2.36. The number of nitrogens with zero attached hydrogens (tertiary/aromatic N) is 5. The zero-order chi connectivity index (χ0) is 13.1. The lowest BCUT2D eigenvalue weighted by Crippen LogP contribution is -2.12. The summed E-state index contributed by atoms with van der Waals surface area (Å²) >= 11 is 3.13. The quantitative estimate of drug-likeness (QED) is 0.669. The molecule has 0 fully saturated rings. The number of nitro benzene ring substituents is 1. The molecule has 2 aromatic rings. The van der Waals surface area contributed by atoms with Crippen molar-refractivity contribution in [1.82, 2.24) is 25.5 Å². The maximum absolute atomic E-state index is 10.9. The van der Waals surface area contributed by atoms with Gasteiger partial charge in [-0.25, -0.2) is 0 Å². The summed E-state index contributed by atoms with van der Waals surface area (Å²) in [5.41, 5.74) is 0.513. The smallest absolute Gasteiger partial charge is 0.285 e. The fourth-order valence-corrected chi connectivity index (χ4v) is 1.84. The number of aromatic nitrogens is 4. The lowest BCUT2D eigenvalue weighted by molar-refractivity contribution is -0.385. The lowest BCUT2D eigenvalue weighted by atomic mass is 10.3. The Morgan fingerprint density at radius 3 is 3.00 bits per heavy atom. The molecule has 9 heteroatoms. The Hall–Kier alpha value is -1.87. The van der Waals surface area contributed by atoms with Crippen LogP contribution in [0.1, 0.15) is 5.82 Å². The van der Waals surface area contributed by atoms with Crippen molar-refractivity contribution < 1.29 is 4.92 Å². The molecule has 0 bridgehead atoms. The van der Waals surface area contributed by atoms with Crippen LogP contribution in [0, 0.1) is 10.1 Å². The van der Waals surface area contributed by atoms with Crippen LogP contribution in [-0.4, -0.2) is 32.2 Å². The summed E-state index contributed by atoms with van der Waals surface area (Å²) in [6.07, 6.45) is 0. The molecule has 8 nitrogen and oxygen atoms in total. The number of hydrogen-bond acceptors (Lipinski definition) is 6. The number of benzene rings is 1. The largest absolute Gasteiger partial charge is 0.313 e. The van der Waals surface area contributed by atoms with Gasteiger partial charge in [0.05, 0.1) is 21.6 Å². The van der Waals surface area contributed by atoms with E-state index in [1.165, 1.54) is 10.7 Å². The Morgan fingerprint density at radius 1 is 1.56 bits per heavy atom. The Morgan fingerprint density at radius 2 is 2.33 bits per heavy atom. The van der Waals surface area contributed by atoms with E-state index < -0.39 is 4.92 Å². The maximum Gasteiger partial charge on any atom is 0.285 e. The van der Waals surface area contributed by atoms with Crippen LogP contribution >= 0.6 is 15.9 Å². The van der Waals surface area contributed by atoms with Gasteiger partial charge in [-0.3, -0.25) is 10.1 Å². The fraction of sp³-hybridized carbons (Fsp3) is 0.222. The molecule has 0 saturated carbocycles. The standard InChI is InChI=1S/C9H9BrN6O2/c1-11-5-9-12-13-14-15(9)6-2-3-7(10)8(4-6)16(17)18/h2-4,11H,5H2,1H3. The first kappa shape index (κ1) is 12.6. The summed E-state index contributed by atoms with van der Waals surface area (Å²) in [5, 5.41) is 25.0. The molecule has 1 N–H and O–H groups in total. The minimum atomic E-state index is -0.463. The molecule has 18 heavy (non-hydrogen) atoms. The van der Waals surface area contributed by atoms with E-state index in [0.29, 0.717) is 22.5 Å². The molecule has 0 amide bonds. The number of nitro groups is 1. The molecule has 1 aromatic carbocycles. The van der Waals surface area contributed by atoms with Gasteiger partial charge >= 0.3 is 0 Å². The number of rotatable bonds is 4. The van der Waals surface area contributed by atoms with Gasteiger partial charge < -0.3 is 5.32 Å². The second-order valence-electron chi connectivity index (χ2n) is 3.43. The van der Waals surface area contributed by atoms with Crippen LogP contribution < -0.4 is 5.32 Å². The first-order valence-corrected chi connectivity index (χ1v) is 5.79. The highest BCUT2D eigenvalue weighted by Gasteiger charge is 2.15. The van der Waals surface area contributed by atoms with Crippen LogP contribution in [-0.2, 0) is 6.54 Å². The molecule has 1 heterocycles. The third-order valence-corrected chi connectivity index (χ3v) is 2.91. The first-order chi connectivity index (χ1) is 8.63. The van der Waals surface area contributed by atoms with Gasteiger partial charge in [0.1, 0.15) is 0 Å². The molecule has 2 rings (SSSR count). The van der Waals surface area contributed by atoms with Crippen molar-refractivity contribution in [3.05, 3.63) is 38.6 Å². The third-order valence-electron chi connectivity index (χ3n) is 2.24. The van der Waals surface area contributed by atoms with Crippen LogP contribution in [0.25, 0.3) is 5.69 Å². The monoisotopic (exact) mass is 312 g/mol. The summed E-state index contributed by atoms with van der Waals surface area (Å²) in [6.45, 7) is 0.469.